The number of nitrogens with zero attached hydrogens (tertiary/aromatic N) is 2. The molecular formula is C15H17Cl2HgN3O5S-. The molecule has 1 aliphatic heterocycles. The summed E-state index contributed by atoms with van der Waals surface area (Å²) in [6.07, 6.45) is 0. The summed E-state index contributed by atoms with van der Waals surface area (Å²) in [5.74, 6) is -0.873. The van der Waals surface area contributed by atoms with E-state index in [2.05, 4.69) is 6.58 Å². The maximum absolute atomic E-state index is 12.5. The van der Waals surface area contributed by atoms with Crippen LogP contribution in [0.4, 0.5) is 5.69 Å². The summed E-state index contributed by atoms with van der Waals surface area (Å²) in [6.45, 7) is 5.41. The number of halogens is 2. The van der Waals surface area contributed by atoms with Crippen LogP contribution in [0.15, 0.2) is 36.4 Å². The average molecular weight is 623 g/mol. The number of nitrogens with two attached hydrogens (primary N) is 1. The fourth-order valence-electron chi connectivity index (χ4n) is 2.47. The van der Waals surface area contributed by atoms with Gasteiger partial charge >= 0.3 is 153 Å². The maximum Gasteiger partial charge on any atom is -0.147 e. The third kappa shape index (κ3) is 5.80. The van der Waals surface area contributed by atoms with Crippen LogP contribution in [-0.4, -0.2) is 39.2 Å². The predicted molar refractivity (Wildman–Crippen MR) is 94.9 cm³/mol. The molecule has 0 radical (unpaired) electrons. The molecule has 2 rings (SSSR count). The van der Waals surface area contributed by atoms with Crippen molar-refractivity contribution < 1.29 is 56.3 Å². The number of amides is 1. The topological polar surface area (TPSA) is 116 Å². The quantitative estimate of drug-likeness (QED) is 0.100. The molecule has 1 aliphatic rings. The zero-order valence-electron chi connectivity index (χ0n) is 14.4. The molecule has 12 heteroatoms. The van der Waals surface area contributed by atoms with Gasteiger partial charge in [-0.3, -0.25) is 10.1 Å². The van der Waals surface area contributed by atoms with Crippen LogP contribution in [0.1, 0.15) is 12.5 Å². The van der Waals surface area contributed by atoms with E-state index >= 15 is 0 Å². The third-order valence-electron chi connectivity index (χ3n) is 3.79. The van der Waals surface area contributed by atoms with E-state index in [9.17, 15) is 19.7 Å². The summed E-state index contributed by atoms with van der Waals surface area (Å²) in [4.78, 5) is 36.1. The van der Waals surface area contributed by atoms with Gasteiger partial charge in [0.15, 0.2) is 0 Å². The van der Waals surface area contributed by atoms with Crippen LogP contribution >= 0.6 is 20.6 Å². The van der Waals surface area contributed by atoms with Gasteiger partial charge in [0.1, 0.15) is 0 Å². The van der Waals surface area contributed by atoms with Gasteiger partial charge in [-0.1, -0.05) is 0 Å². The minimum absolute atomic E-state index is 0. The molecule has 3 atom stereocenters. The van der Waals surface area contributed by atoms with E-state index in [-0.39, 0.29) is 48.4 Å². The van der Waals surface area contributed by atoms with Crippen LogP contribution in [-0.2, 0) is 45.5 Å². The van der Waals surface area contributed by atoms with E-state index in [4.69, 9.17) is 10.5 Å². The number of nitro groups is 1. The van der Waals surface area contributed by atoms with Gasteiger partial charge in [0, 0.05) is 0 Å². The number of nitro benzene ring substituents is 1. The molecule has 1 fully saturated rings. The number of esters is 1. The minimum atomic E-state index is -0.869. The largest absolute Gasteiger partial charge is 1.00 e. The van der Waals surface area contributed by atoms with Gasteiger partial charge in [-0.05, 0) is 0 Å². The van der Waals surface area contributed by atoms with Crippen molar-refractivity contribution in [1.29, 1.82) is 0 Å². The van der Waals surface area contributed by atoms with Crippen molar-refractivity contribution in [3.63, 3.8) is 0 Å². The smallest absolute Gasteiger partial charge is 0.147 e. The molecule has 1 aromatic carbocycles. The molecule has 1 aromatic rings. The van der Waals surface area contributed by atoms with E-state index in [1.54, 1.807) is 15.2 Å². The standard InChI is InChI=1S/C15H17N3O5S.2ClH.Hg/c1-8(2)12(17-13(19)11(16)14(17)24)15(20)23-7-9-3-5-10(6-4-9)18(21)22;;;/h3-6,11-12,14,24H,1,7,16H2,2H3;2*1H;/q;;;+1/p-2. The molecule has 8 nitrogen and oxygen atoms in total. The van der Waals surface area contributed by atoms with Crippen LogP contribution in [0.2, 0.25) is 0 Å². The first kappa shape index (κ1) is 26.1. The average Bonchev–Trinajstić information content (AvgIpc) is 2.59. The zero-order valence-corrected chi connectivity index (χ0v) is 22.3. The van der Waals surface area contributed by atoms with Crippen molar-refractivity contribution in [3.8, 4) is 0 Å². The van der Waals surface area contributed by atoms with E-state index < -0.39 is 23.0 Å². The van der Waals surface area contributed by atoms with Gasteiger partial charge in [0.25, 0.3) is 0 Å². The maximum atomic E-state index is 12.5. The number of β-lactam (4-membered cyclic amide) rings is 1. The first-order valence-electron chi connectivity index (χ1n) is 7.32. The third-order valence-corrected chi connectivity index (χ3v) is 8.63. The summed E-state index contributed by atoms with van der Waals surface area (Å²) in [7, 11) is 1.58. The van der Waals surface area contributed by atoms with Crippen molar-refractivity contribution in [2.75, 3.05) is 0 Å². The van der Waals surface area contributed by atoms with Crippen molar-refractivity contribution in [3.05, 3.63) is 52.1 Å². The summed E-state index contributed by atoms with van der Waals surface area (Å²) >= 11 is 0.362. The monoisotopic (exact) mass is 623 g/mol. The molecule has 27 heavy (non-hydrogen) atoms. The molecule has 1 heterocycles. The Morgan fingerprint density at radius 1 is 1.48 bits per heavy atom. The molecule has 1 amide bonds. The van der Waals surface area contributed by atoms with Crippen LogP contribution in [0.25, 0.3) is 0 Å². The van der Waals surface area contributed by atoms with E-state index in [0.717, 1.165) is 0 Å². The fraction of sp³-hybridized carbons (Fsp3) is 0.333. The first-order valence-corrected chi connectivity index (χ1v) is 15.1. The molecule has 0 aromatic heterocycles. The Kier molecular flexibility index (Phi) is 10.8. The van der Waals surface area contributed by atoms with Gasteiger partial charge in [0.05, 0.1) is 0 Å². The molecule has 2 N–H and O–H groups in total. The van der Waals surface area contributed by atoms with Crippen molar-refractivity contribution >= 4 is 38.2 Å². The molecule has 0 saturated carbocycles. The normalized spacial score (nSPS) is 19.1. The van der Waals surface area contributed by atoms with E-state index in [1.807, 2.05) is 0 Å². The second-order valence-electron chi connectivity index (χ2n) is 5.61. The SMILES string of the molecule is C=C(C)C(C(=O)OCc1ccc([N+](=O)[O-])cc1)N1C(=O)C(N)C1[S][Hg].Cl.[Cl-]. The number of hydrogen-bond donors (Lipinski definition) is 1. The molecule has 3 unspecified atom stereocenters. The Balaban J connectivity index is 0.00000338. The van der Waals surface area contributed by atoms with Crippen molar-refractivity contribution in [2.45, 2.75) is 31.0 Å². The van der Waals surface area contributed by atoms with Gasteiger partial charge < -0.3 is 12.4 Å². The van der Waals surface area contributed by atoms with Crippen LogP contribution in [0.3, 0.4) is 0 Å². The second kappa shape index (κ2) is 11.2. The van der Waals surface area contributed by atoms with Gasteiger partial charge in [-0.15, -0.1) is 12.4 Å². The number of benzene rings is 1. The van der Waals surface area contributed by atoms with Crippen molar-refractivity contribution in [2.24, 2.45) is 5.73 Å². The predicted octanol–water partition coefficient (Wildman–Crippen LogP) is -1.30. The van der Waals surface area contributed by atoms with Gasteiger partial charge in [0.2, 0.25) is 0 Å². The molecule has 145 valence electrons. The van der Waals surface area contributed by atoms with Crippen LogP contribution in [0, 0.1) is 10.1 Å². The Bertz CT molecular complexity index is 722. The fourth-order valence-corrected chi connectivity index (χ4v) is 7.47. The molecule has 0 spiro atoms. The number of non-ortho nitro benzene ring substituents is 1. The van der Waals surface area contributed by atoms with E-state index in [0.29, 0.717) is 35.7 Å². The Hall–Kier alpha value is -0.875. The summed E-state index contributed by atoms with van der Waals surface area (Å²) < 4.78 is 5.29. The number of hydrogen-bond acceptors (Lipinski definition) is 7. The van der Waals surface area contributed by atoms with Crippen LogP contribution < -0.4 is 18.1 Å². The Labute approximate surface area is 187 Å². The number of carbonyl (C=O) groups is 2. The number of carbonyl (C=O) groups excluding carboxylic acids is 2. The molecular weight excluding hydrogens is 606 g/mol. The van der Waals surface area contributed by atoms with Gasteiger partial charge in [-0.2, -0.15) is 0 Å². The van der Waals surface area contributed by atoms with E-state index in [1.165, 1.54) is 29.2 Å². The minimum Gasteiger partial charge on any atom is -1.00 e. The molecule has 0 bridgehead atoms. The van der Waals surface area contributed by atoms with Crippen LogP contribution in [0.5, 0.6) is 0 Å². The van der Waals surface area contributed by atoms with Crippen molar-refractivity contribution in [1.82, 2.24) is 4.90 Å². The zero-order chi connectivity index (χ0) is 18.7. The summed E-state index contributed by atoms with van der Waals surface area (Å²) in [6, 6.07) is 4.26. The Morgan fingerprint density at radius 3 is 2.48 bits per heavy atom. The van der Waals surface area contributed by atoms with Gasteiger partial charge in [-0.25, -0.2) is 0 Å². The summed E-state index contributed by atoms with van der Waals surface area (Å²) in [5.41, 5.74) is 6.87. The second-order valence-corrected chi connectivity index (χ2v) is 10.3. The molecule has 0 aliphatic carbocycles. The molecule has 1 saturated heterocycles. The number of rotatable bonds is 7. The Morgan fingerprint density at radius 2 is 2.04 bits per heavy atom. The summed E-state index contributed by atoms with van der Waals surface area (Å²) in [5, 5.41) is 10.4. The number of likely N-dealkylation sites (tertiary alicyclic amines) is 1. The first-order chi connectivity index (χ1) is 11.8. The number of ether oxygens (including phenoxy) is 1.